The van der Waals surface area contributed by atoms with E-state index < -0.39 is 30.0 Å². The summed E-state index contributed by atoms with van der Waals surface area (Å²) in [6, 6.07) is 6.04. The lowest BCUT2D eigenvalue weighted by Crippen LogP contribution is -2.22. The number of nitrogens with one attached hydrogen (secondary N) is 1. The lowest BCUT2D eigenvalue weighted by Gasteiger charge is -2.10. The fourth-order valence-electron chi connectivity index (χ4n) is 2.43. The van der Waals surface area contributed by atoms with Crippen molar-refractivity contribution in [3.05, 3.63) is 43.0 Å². The number of hydrogen-bond donors (Lipinski definition) is 3. The van der Waals surface area contributed by atoms with Gasteiger partial charge in [-0.2, -0.15) is 16.8 Å². The van der Waals surface area contributed by atoms with E-state index in [0.717, 1.165) is 6.07 Å². The van der Waals surface area contributed by atoms with Crippen molar-refractivity contribution in [2.24, 2.45) is 0 Å². The SMILES string of the molecule is C=CC(=O)NCCCCOc1ccc2cc(S(=O)(=O)O)cc(S(=O)(=O)O)c2c1. The summed E-state index contributed by atoms with van der Waals surface area (Å²) in [5, 5.41) is 2.85. The molecule has 0 aliphatic heterocycles. The average Bonchev–Trinajstić information content (AvgIpc) is 2.61. The van der Waals surface area contributed by atoms with Gasteiger partial charge in [0.05, 0.1) is 11.5 Å². The molecule has 0 heterocycles. The number of amides is 1. The number of benzene rings is 2. The number of unbranched alkanes of at least 4 members (excludes halogenated alkanes) is 1. The molecule has 1 amide bonds. The van der Waals surface area contributed by atoms with Gasteiger partial charge in [0.25, 0.3) is 20.2 Å². The van der Waals surface area contributed by atoms with Crippen LogP contribution in [0.5, 0.6) is 5.75 Å². The topological polar surface area (TPSA) is 147 Å². The second-order valence-corrected chi connectivity index (χ2v) is 8.62. The number of ether oxygens (including phenoxy) is 1. The molecule has 0 aliphatic rings. The smallest absolute Gasteiger partial charge is 0.295 e. The van der Waals surface area contributed by atoms with Gasteiger partial charge in [-0.1, -0.05) is 12.6 Å². The maximum absolute atomic E-state index is 11.6. The van der Waals surface area contributed by atoms with Gasteiger partial charge in [0, 0.05) is 11.9 Å². The monoisotopic (exact) mass is 429 g/mol. The minimum Gasteiger partial charge on any atom is -0.494 e. The van der Waals surface area contributed by atoms with Gasteiger partial charge in [0.2, 0.25) is 5.91 Å². The zero-order chi connectivity index (χ0) is 20.9. The molecule has 28 heavy (non-hydrogen) atoms. The van der Waals surface area contributed by atoms with Gasteiger partial charge in [-0.3, -0.25) is 13.9 Å². The van der Waals surface area contributed by atoms with E-state index in [0.29, 0.717) is 37.8 Å². The van der Waals surface area contributed by atoms with Crippen LogP contribution in [0.2, 0.25) is 0 Å². The Hall–Kier alpha value is -2.47. The standard InChI is InChI=1S/C17H19NO8S2/c1-2-17(19)18-7-3-4-8-26-13-6-5-12-9-14(27(20,21)22)11-16(15(12)10-13)28(23,24)25/h2,5-6,9-11H,1,3-4,7-8H2,(H,18,19)(H,20,21,22)(H,23,24,25). The van der Waals surface area contributed by atoms with Gasteiger partial charge in [0.15, 0.2) is 0 Å². The highest BCUT2D eigenvalue weighted by molar-refractivity contribution is 7.86. The first-order chi connectivity index (χ1) is 13.0. The molecule has 0 unspecified atom stereocenters. The number of hydrogen-bond acceptors (Lipinski definition) is 6. The van der Waals surface area contributed by atoms with Gasteiger partial charge < -0.3 is 10.1 Å². The van der Waals surface area contributed by atoms with Crippen molar-refractivity contribution < 1.29 is 35.5 Å². The van der Waals surface area contributed by atoms with Crippen LogP contribution in [0.15, 0.2) is 52.8 Å². The summed E-state index contributed by atoms with van der Waals surface area (Å²) in [5.74, 6) is 0.0459. The van der Waals surface area contributed by atoms with Crippen molar-refractivity contribution in [3.8, 4) is 5.75 Å². The molecule has 11 heteroatoms. The summed E-state index contributed by atoms with van der Waals surface area (Å²) in [6.07, 6.45) is 2.44. The maximum atomic E-state index is 11.6. The van der Waals surface area contributed by atoms with Gasteiger partial charge >= 0.3 is 0 Å². The fourth-order valence-corrected chi connectivity index (χ4v) is 3.78. The summed E-state index contributed by atoms with van der Waals surface area (Å²) >= 11 is 0. The van der Waals surface area contributed by atoms with Crippen LogP contribution in [-0.4, -0.2) is 45.0 Å². The highest BCUT2D eigenvalue weighted by atomic mass is 32.2. The Labute approximate surface area is 162 Å². The fraction of sp³-hybridized carbons (Fsp3) is 0.235. The zero-order valence-corrected chi connectivity index (χ0v) is 16.3. The van der Waals surface area contributed by atoms with Crippen LogP contribution in [0.4, 0.5) is 0 Å². The highest BCUT2D eigenvalue weighted by Crippen LogP contribution is 2.30. The van der Waals surface area contributed by atoms with E-state index in [1.807, 2.05) is 0 Å². The van der Waals surface area contributed by atoms with Crippen molar-refractivity contribution in [2.75, 3.05) is 13.2 Å². The molecule has 2 aromatic carbocycles. The van der Waals surface area contributed by atoms with E-state index >= 15 is 0 Å². The largest absolute Gasteiger partial charge is 0.494 e. The Morgan fingerprint density at radius 2 is 1.79 bits per heavy atom. The van der Waals surface area contributed by atoms with Crippen LogP contribution in [0.3, 0.4) is 0 Å². The highest BCUT2D eigenvalue weighted by Gasteiger charge is 2.20. The van der Waals surface area contributed by atoms with Crippen LogP contribution >= 0.6 is 0 Å². The molecule has 0 atom stereocenters. The van der Waals surface area contributed by atoms with E-state index in [1.54, 1.807) is 0 Å². The molecular weight excluding hydrogens is 410 g/mol. The third-order valence-corrected chi connectivity index (χ3v) is 5.49. The first-order valence-corrected chi connectivity index (χ1v) is 11.0. The molecule has 2 rings (SSSR count). The van der Waals surface area contributed by atoms with Crippen LogP contribution in [0, 0.1) is 0 Å². The first kappa shape index (κ1) is 21.8. The van der Waals surface area contributed by atoms with E-state index in [1.165, 1.54) is 24.3 Å². The average molecular weight is 429 g/mol. The van der Waals surface area contributed by atoms with Gasteiger partial charge in [-0.05, 0) is 48.6 Å². The number of carbonyl (C=O) groups excluding carboxylic acids is 1. The molecule has 0 fully saturated rings. The summed E-state index contributed by atoms with van der Waals surface area (Å²) in [6.45, 7) is 4.09. The first-order valence-electron chi connectivity index (χ1n) is 8.08. The van der Waals surface area contributed by atoms with Crippen LogP contribution in [0.1, 0.15) is 12.8 Å². The van der Waals surface area contributed by atoms with Crippen molar-refractivity contribution in [2.45, 2.75) is 22.6 Å². The van der Waals surface area contributed by atoms with Crippen molar-refractivity contribution in [3.63, 3.8) is 0 Å². The lowest BCUT2D eigenvalue weighted by atomic mass is 10.1. The zero-order valence-electron chi connectivity index (χ0n) is 14.7. The molecule has 9 nitrogen and oxygen atoms in total. The van der Waals surface area contributed by atoms with Crippen molar-refractivity contribution >= 4 is 36.9 Å². The Morgan fingerprint density at radius 3 is 2.39 bits per heavy atom. The summed E-state index contributed by atoms with van der Waals surface area (Å²) < 4.78 is 70.1. The van der Waals surface area contributed by atoms with Crippen molar-refractivity contribution in [1.82, 2.24) is 5.32 Å². The summed E-state index contributed by atoms with van der Waals surface area (Å²) in [7, 11) is -9.41. The normalized spacial score (nSPS) is 11.9. The molecular formula is C17H19NO8S2. The Kier molecular flexibility index (Phi) is 6.77. The predicted molar refractivity (Wildman–Crippen MR) is 102 cm³/mol. The maximum Gasteiger partial charge on any atom is 0.295 e. The second kappa shape index (κ2) is 8.69. The van der Waals surface area contributed by atoms with Crippen LogP contribution in [0.25, 0.3) is 10.8 Å². The lowest BCUT2D eigenvalue weighted by molar-refractivity contribution is -0.116. The molecule has 0 radical (unpaired) electrons. The molecule has 3 N–H and O–H groups in total. The summed E-state index contributed by atoms with van der Waals surface area (Å²) in [5.41, 5.74) is 0. The van der Waals surface area contributed by atoms with Gasteiger partial charge in [0.1, 0.15) is 10.6 Å². The quantitative estimate of drug-likeness (QED) is 0.310. The van der Waals surface area contributed by atoms with Gasteiger partial charge in [-0.25, -0.2) is 0 Å². The second-order valence-electron chi connectivity index (χ2n) is 5.81. The molecule has 152 valence electrons. The number of rotatable bonds is 9. The third kappa shape index (κ3) is 5.76. The molecule has 0 aromatic heterocycles. The third-order valence-electron chi connectivity index (χ3n) is 3.76. The molecule has 0 saturated heterocycles. The number of fused-ring (bicyclic) bond motifs is 1. The van der Waals surface area contributed by atoms with E-state index in [2.05, 4.69) is 11.9 Å². The Balaban J connectivity index is 2.20. The van der Waals surface area contributed by atoms with Crippen LogP contribution < -0.4 is 10.1 Å². The van der Waals surface area contributed by atoms with E-state index in [9.17, 15) is 26.2 Å². The molecule has 0 aliphatic carbocycles. The number of carbonyl (C=O) groups is 1. The molecule has 0 bridgehead atoms. The molecule has 0 saturated carbocycles. The predicted octanol–water partition coefficient (Wildman–Crippen LogP) is 1.79. The van der Waals surface area contributed by atoms with Crippen molar-refractivity contribution in [1.29, 1.82) is 0 Å². The minimum absolute atomic E-state index is 0.0469. The van der Waals surface area contributed by atoms with E-state index in [4.69, 9.17) is 9.29 Å². The minimum atomic E-state index is -4.75. The Morgan fingerprint density at radius 1 is 1.07 bits per heavy atom. The molecule has 2 aromatic rings. The van der Waals surface area contributed by atoms with E-state index in [-0.39, 0.29) is 16.7 Å². The van der Waals surface area contributed by atoms with Crippen LogP contribution in [-0.2, 0) is 25.0 Å². The summed E-state index contributed by atoms with van der Waals surface area (Å²) in [4.78, 5) is 9.70. The Bertz CT molecular complexity index is 1110. The molecule has 0 spiro atoms. The van der Waals surface area contributed by atoms with Gasteiger partial charge in [-0.15, -0.1) is 0 Å².